The smallest absolute Gasteiger partial charge is 0.278 e. The molecule has 0 fully saturated rings. The molecule has 10 aromatic rings. The van der Waals surface area contributed by atoms with Crippen LogP contribution in [0.3, 0.4) is 0 Å². The number of carbonyl (C=O) groups is 10. The Hall–Kier alpha value is -9.87. The molecule has 49 heteroatoms. The molecule has 39 nitrogen and oxygen atoms in total. The van der Waals surface area contributed by atoms with Gasteiger partial charge in [0.25, 0.3) is 29.5 Å². The van der Waals surface area contributed by atoms with Crippen molar-refractivity contribution in [1.82, 2.24) is 50.2 Å². The van der Waals surface area contributed by atoms with Crippen molar-refractivity contribution in [3.63, 3.8) is 0 Å². The molecule has 5 aliphatic rings. The number of ketones is 5. The molecule has 5 heterocycles. The van der Waals surface area contributed by atoms with E-state index in [2.05, 4.69) is 134 Å². The molecule has 143 heavy (non-hydrogen) atoms. The maximum absolute atomic E-state index is 14.3. The van der Waals surface area contributed by atoms with E-state index in [1.54, 1.807) is 131 Å². The van der Waals surface area contributed by atoms with Gasteiger partial charge >= 0.3 is 0 Å². The second-order valence-corrected chi connectivity index (χ2v) is 39.2. The molecular formula is C94H103Br5Cl4FN15O24. The van der Waals surface area contributed by atoms with E-state index >= 15 is 0 Å². The SMILES string of the molecule is Cn1c(Nc2ccc(Br)cc2Cl)c(C(=O)NOC(CO)CO)c2c1C(=O)CCC2.Cn1c(Nc2ccc(Br)cc2Cl)c(C(=O)NOCCO)c2c1C(=O)CCC2.Cn1c(Nc2ccc(Br)cc2Cl)c(C(=O)NOC[C@@H](O)CO)c2c1C(=O)CCC2.Cn1c(Nc2ccc(Br)cc2Cl)c(C(=O)NOC[C@H](O)CO)c2c1C(=O)CCC2.Cn1c(Nc2ccc(Br)cc2F)c(C(=O)NOC[C@@H](O)CO)c2c1C(=O)CCC2. The van der Waals surface area contributed by atoms with Crippen molar-refractivity contribution in [3.05, 3.63) is 223 Å². The number of aromatic nitrogens is 5. The average Bonchev–Trinajstić information content (AvgIpc) is 1.63. The molecule has 0 aliphatic heterocycles. The number of hydroxylamine groups is 5. The van der Waals surface area contributed by atoms with Crippen LogP contribution < -0.4 is 54.0 Å². The van der Waals surface area contributed by atoms with Crippen LogP contribution in [0.25, 0.3) is 0 Å². The van der Waals surface area contributed by atoms with Crippen LogP contribution in [0.4, 0.5) is 61.9 Å². The van der Waals surface area contributed by atoms with E-state index in [9.17, 15) is 67.7 Å². The fourth-order valence-corrected chi connectivity index (χ4v) is 19.6. The molecule has 5 aromatic heterocycles. The quantitative estimate of drug-likeness (QED) is 0.0132. The number of amides is 5. The highest BCUT2D eigenvalue weighted by Crippen LogP contribution is 2.44. The first-order valence-corrected chi connectivity index (χ1v) is 50.0. The van der Waals surface area contributed by atoms with Crippen molar-refractivity contribution in [3.8, 4) is 0 Å². The van der Waals surface area contributed by atoms with Gasteiger partial charge in [-0.15, -0.1) is 0 Å². The summed E-state index contributed by atoms with van der Waals surface area (Å²) in [5.74, 6) is -1.59. The normalized spacial score (nSPS) is 14.1. The average molecular weight is 2390 g/mol. The number of nitrogens with zero attached hydrogens (tertiary/aromatic N) is 5. The van der Waals surface area contributed by atoms with E-state index in [-0.39, 0.29) is 95.7 Å². The summed E-state index contributed by atoms with van der Waals surface area (Å²) in [6.07, 6.45) is 3.86. The molecule has 19 N–H and O–H groups in total. The zero-order chi connectivity index (χ0) is 104. The first kappa shape index (κ1) is 113. The van der Waals surface area contributed by atoms with Gasteiger partial charge in [-0.3, -0.25) is 72.1 Å². The molecule has 5 amide bonds. The third-order valence-electron chi connectivity index (χ3n) is 23.0. The Morgan fingerprint density at radius 3 is 0.783 bits per heavy atom. The molecule has 0 saturated heterocycles. The second-order valence-electron chi connectivity index (χ2n) is 33.0. The van der Waals surface area contributed by atoms with Crippen LogP contribution in [-0.2, 0) is 91.5 Å². The first-order valence-electron chi connectivity index (χ1n) is 44.5. The molecule has 5 aromatic carbocycles. The van der Waals surface area contributed by atoms with E-state index in [1.165, 1.54) is 12.1 Å². The van der Waals surface area contributed by atoms with Gasteiger partial charge in [0.15, 0.2) is 28.9 Å². The minimum absolute atomic E-state index is 0.000898. The second kappa shape index (κ2) is 53.0. The number of benzene rings is 5. The Kier molecular flexibility index (Phi) is 42.0. The highest BCUT2D eigenvalue weighted by atomic mass is 79.9. The zero-order valence-electron chi connectivity index (χ0n) is 77.3. The van der Waals surface area contributed by atoms with Crippen molar-refractivity contribution in [2.24, 2.45) is 35.2 Å². The first-order chi connectivity index (χ1) is 68.3. The number of Topliss-reactive ketones (excluding diaryl/α,β-unsaturated/α-hetero) is 5. The van der Waals surface area contributed by atoms with Crippen molar-refractivity contribution >= 4 is 242 Å². The minimum atomic E-state index is -1.14. The molecule has 0 saturated carbocycles. The van der Waals surface area contributed by atoms with E-state index < -0.39 is 92.8 Å². The largest absolute Gasteiger partial charge is 0.394 e. The molecule has 768 valence electrons. The van der Waals surface area contributed by atoms with Crippen LogP contribution in [-0.4, -0.2) is 218 Å². The van der Waals surface area contributed by atoms with Gasteiger partial charge in [-0.25, -0.2) is 31.8 Å². The van der Waals surface area contributed by atoms with Gasteiger partial charge in [-0.1, -0.05) is 126 Å². The summed E-state index contributed by atoms with van der Waals surface area (Å²) in [6.45, 7) is -3.48. The third-order valence-corrected chi connectivity index (χ3v) is 26.8. The summed E-state index contributed by atoms with van der Waals surface area (Å²) < 4.78 is 26.4. The number of hydrogen-bond acceptors (Lipinski definition) is 29. The van der Waals surface area contributed by atoms with Crippen LogP contribution in [0, 0.1) is 5.82 Å². The maximum atomic E-state index is 14.3. The molecule has 0 unspecified atom stereocenters. The highest BCUT2D eigenvalue weighted by Gasteiger charge is 2.39. The zero-order valence-corrected chi connectivity index (χ0v) is 88.3. The molecule has 5 aliphatic carbocycles. The van der Waals surface area contributed by atoms with Crippen LogP contribution in [0.15, 0.2) is 113 Å². The van der Waals surface area contributed by atoms with Crippen LogP contribution in [0.2, 0.25) is 20.1 Å². The number of rotatable bonds is 34. The van der Waals surface area contributed by atoms with Crippen LogP contribution >= 0.6 is 126 Å². The lowest BCUT2D eigenvalue weighted by Crippen LogP contribution is -2.34. The van der Waals surface area contributed by atoms with Crippen LogP contribution in [0.5, 0.6) is 0 Å². The summed E-state index contributed by atoms with van der Waals surface area (Å²) >= 11 is 41.8. The minimum Gasteiger partial charge on any atom is -0.394 e. The van der Waals surface area contributed by atoms with E-state index in [1.807, 2.05) is 6.07 Å². The van der Waals surface area contributed by atoms with Crippen molar-refractivity contribution in [2.45, 2.75) is 121 Å². The Balaban J connectivity index is 0.000000171. The van der Waals surface area contributed by atoms with E-state index in [4.69, 9.17) is 101 Å². The summed E-state index contributed by atoms with van der Waals surface area (Å²) in [7, 11) is 8.50. The summed E-state index contributed by atoms with van der Waals surface area (Å²) in [4.78, 5) is 152. The molecular weight excluding hydrogens is 2280 g/mol. The van der Waals surface area contributed by atoms with Gasteiger partial charge < -0.3 is 95.4 Å². The lowest BCUT2D eigenvalue weighted by atomic mass is 9.93. The number of halogens is 10. The van der Waals surface area contributed by atoms with Crippen molar-refractivity contribution in [2.75, 3.05) is 92.7 Å². The van der Waals surface area contributed by atoms with Gasteiger partial charge in [0.1, 0.15) is 79.1 Å². The number of carbonyl (C=O) groups excluding carboxylic acids is 10. The number of anilines is 10. The third kappa shape index (κ3) is 27.9. The van der Waals surface area contributed by atoms with Gasteiger partial charge in [0.2, 0.25) is 0 Å². The topological polar surface area (TPSA) is 544 Å². The molecule has 0 radical (unpaired) electrons. The number of fused-ring (bicyclic) bond motifs is 5. The summed E-state index contributed by atoms with van der Waals surface area (Å²) in [5.41, 5.74) is 20.7. The number of nitrogens with one attached hydrogen (secondary N) is 10. The molecule has 0 bridgehead atoms. The summed E-state index contributed by atoms with van der Waals surface area (Å²) in [5, 5.41) is 99.0. The predicted octanol–water partition coefficient (Wildman–Crippen LogP) is 13.7. The standard InChI is InChI=1S/3C19H21BrClN3O5.C19H21BrFN3O5.C18H19BrClN3O4/c2*1-24-17-12(3-2-4-15(17)27)16(19(28)23-29-9-11(26)8-25)18(24)22-14-6-5-10(20)7-13(14)21;1-24-17-12(3-2-4-15(17)27)16(19(28)23-29-11(8-25)9-26)18(24)22-14-6-5-10(20)7-13(14)21;1-24-17-12(3-2-4-15(17)27)16(19(28)23-29-9-11(26)8-25)18(24)22-14-6-5-10(20)7-13(14)21;1-23-16-11(3-2-4-14(16)25)15(18(26)22-27-8-7-24)17(23)21-13-6-5-10(19)9-12(13)20/h4*5-7,11,22,25-26H,2-4,8-9H2,1H3,(H,23,28);5-6,9,21,24H,2-4,7-8H2,1H3,(H,22,26)/t2*11-;;11-;/m10.0./s1. The van der Waals surface area contributed by atoms with Crippen molar-refractivity contribution < 1.29 is 122 Å². The number of aliphatic hydroxyl groups excluding tert-OH is 9. The number of hydrogen-bond donors (Lipinski definition) is 19. The highest BCUT2D eigenvalue weighted by molar-refractivity contribution is 9.11. The van der Waals surface area contributed by atoms with Gasteiger partial charge in [0.05, 0.1) is 151 Å². The summed E-state index contributed by atoms with van der Waals surface area (Å²) in [6, 6.07) is 25.6. The van der Waals surface area contributed by atoms with E-state index in [0.717, 1.165) is 17.9 Å². The lowest BCUT2D eigenvalue weighted by molar-refractivity contribution is -0.0618. The fourth-order valence-electron chi connectivity index (χ4n) is 16.4. The van der Waals surface area contributed by atoms with Gasteiger partial charge in [-0.05, 0) is 183 Å². The Morgan fingerprint density at radius 1 is 0.336 bits per heavy atom. The maximum Gasteiger partial charge on any atom is 0.278 e. The monoisotopic (exact) mass is 2380 g/mol. The number of aliphatic hydroxyl groups is 9. The fraction of sp³-hybridized carbons (Fsp3) is 0.362. The Labute approximate surface area is 879 Å². The molecule has 3 atom stereocenters. The molecule has 15 rings (SSSR count). The lowest BCUT2D eigenvalue weighted by Gasteiger charge is -2.15. The van der Waals surface area contributed by atoms with Gasteiger partial charge in [0, 0.05) is 89.7 Å². The molecule has 0 spiro atoms. The Morgan fingerprint density at radius 2 is 0.559 bits per heavy atom. The van der Waals surface area contributed by atoms with Crippen LogP contribution in [0.1, 0.15) is 196 Å². The van der Waals surface area contributed by atoms with Gasteiger partial charge in [-0.2, -0.15) is 0 Å². The van der Waals surface area contributed by atoms with E-state index in [0.29, 0.717) is 229 Å². The van der Waals surface area contributed by atoms with Crippen molar-refractivity contribution in [1.29, 1.82) is 0 Å². The predicted molar refractivity (Wildman–Crippen MR) is 547 cm³/mol. The Bertz CT molecular complexity index is 6070.